The average molecular weight is 393 g/mol. The zero-order chi connectivity index (χ0) is 20.6. The first-order valence-electron chi connectivity index (χ1n) is 8.77. The Balaban J connectivity index is 1.88. The predicted molar refractivity (Wildman–Crippen MR) is 100 cm³/mol. The number of carbonyl (C=O) groups is 1. The van der Waals surface area contributed by atoms with Crippen molar-refractivity contribution in [2.75, 3.05) is 39.0 Å². The molecule has 0 radical (unpaired) electrons. The van der Waals surface area contributed by atoms with Crippen LogP contribution in [0.4, 0.5) is 24.5 Å². The van der Waals surface area contributed by atoms with Crippen LogP contribution >= 0.6 is 0 Å². The lowest BCUT2D eigenvalue weighted by atomic mass is 9.92. The topological polar surface area (TPSA) is 55.8 Å². The molecule has 0 atom stereocenters. The highest BCUT2D eigenvalue weighted by atomic mass is 19.2. The van der Waals surface area contributed by atoms with Crippen molar-refractivity contribution >= 4 is 17.3 Å². The molecule has 1 aliphatic heterocycles. The maximum Gasteiger partial charge on any atom is 0.256 e. The number of anilines is 2. The fourth-order valence-electron chi connectivity index (χ4n) is 3.37. The van der Waals surface area contributed by atoms with Crippen LogP contribution in [0.15, 0.2) is 30.3 Å². The fraction of sp³-hybridized carbons (Fsp3) is 0.350. The number of benzene rings is 2. The zero-order valence-electron chi connectivity index (χ0n) is 15.9. The van der Waals surface area contributed by atoms with Crippen LogP contribution in [-0.2, 0) is 0 Å². The van der Waals surface area contributed by atoms with Crippen LogP contribution in [0.1, 0.15) is 15.9 Å². The highest BCUT2D eigenvalue weighted by Crippen LogP contribution is 2.31. The van der Waals surface area contributed by atoms with E-state index in [4.69, 9.17) is 0 Å². The lowest BCUT2D eigenvalue weighted by molar-refractivity contribution is -0.0920. The average Bonchev–Trinajstić information content (AvgIpc) is 2.57. The Bertz CT molecular complexity index is 912. The molecule has 150 valence electrons. The maximum absolute atomic E-state index is 14.4. The summed E-state index contributed by atoms with van der Waals surface area (Å²) in [5.74, 6) is -3.64. The lowest BCUT2D eigenvalue weighted by Crippen LogP contribution is -2.67. The van der Waals surface area contributed by atoms with Crippen molar-refractivity contribution in [2.45, 2.75) is 12.5 Å². The summed E-state index contributed by atoms with van der Waals surface area (Å²) in [6.45, 7) is 2.21. The maximum atomic E-state index is 14.4. The third-order valence-electron chi connectivity index (χ3n) is 4.58. The van der Waals surface area contributed by atoms with Crippen LogP contribution in [0.3, 0.4) is 0 Å². The summed E-state index contributed by atoms with van der Waals surface area (Å²) in [5, 5.41) is 12.9. The first-order valence-corrected chi connectivity index (χ1v) is 8.77. The molecule has 2 aromatic rings. The van der Waals surface area contributed by atoms with Gasteiger partial charge in [0.15, 0.2) is 11.6 Å². The van der Waals surface area contributed by atoms with Gasteiger partial charge in [0.2, 0.25) is 0 Å². The largest absolute Gasteiger partial charge is 0.385 e. The van der Waals surface area contributed by atoms with Crippen molar-refractivity contribution in [1.82, 2.24) is 9.80 Å². The number of rotatable bonds is 5. The van der Waals surface area contributed by atoms with Crippen LogP contribution < -0.4 is 5.32 Å². The fourth-order valence-corrected chi connectivity index (χ4v) is 3.37. The third-order valence-corrected chi connectivity index (χ3v) is 4.58. The summed E-state index contributed by atoms with van der Waals surface area (Å²) in [5.41, 5.74) is -1.02. The van der Waals surface area contributed by atoms with E-state index in [1.54, 1.807) is 32.0 Å². The molecule has 1 aliphatic rings. The van der Waals surface area contributed by atoms with Gasteiger partial charge in [-0.05, 0) is 50.8 Å². The number of nitrogens with one attached hydrogen (secondary N) is 1. The van der Waals surface area contributed by atoms with Crippen molar-refractivity contribution in [1.29, 1.82) is 0 Å². The normalized spacial score (nSPS) is 15.5. The minimum absolute atomic E-state index is 0.0708. The summed E-state index contributed by atoms with van der Waals surface area (Å²) < 4.78 is 42.4. The quantitative estimate of drug-likeness (QED) is 0.820. The summed E-state index contributed by atoms with van der Waals surface area (Å²) in [6, 6.07) is 6.25. The van der Waals surface area contributed by atoms with Crippen LogP contribution in [0, 0.1) is 24.4 Å². The molecule has 2 N–H and O–H groups in total. The highest BCUT2D eigenvalue weighted by Gasteiger charge is 2.44. The molecule has 3 rings (SSSR count). The van der Waals surface area contributed by atoms with E-state index >= 15 is 0 Å². The van der Waals surface area contributed by atoms with Gasteiger partial charge in [-0.25, -0.2) is 13.2 Å². The summed E-state index contributed by atoms with van der Waals surface area (Å²) >= 11 is 0. The minimum atomic E-state index is -1.27. The number of carbonyl (C=O) groups excluding carboxylic acids is 1. The molecule has 0 unspecified atom stereocenters. The number of hydrogen-bond acceptors (Lipinski definition) is 4. The molecule has 0 aliphatic carbocycles. The Morgan fingerprint density at radius 2 is 1.86 bits per heavy atom. The van der Waals surface area contributed by atoms with E-state index in [1.807, 2.05) is 0 Å². The molecule has 0 bridgehead atoms. The smallest absolute Gasteiger partial charge is 0.256 e. The Labute approximate surface area is 161 Å². The molecular weight excluding hydrogens is 371 g/mol. The molecule has 0 aromatic heterocycles. The van der Waals surface area contributed by atoms with Crippen molar-refractivity contribution in [3.63, 3.8) is 0 Å². The van der Waals surface area contributed by atoms with Gasteiger partial charge in [0, 0.05) is 6.54 Å². The van der Waals surface area contributed by atoms with Crippen LogP contribution in [0.2, 0.25) is 0 Å². The number of aryl methyl sites for hydroxylation is 1. The molecule has 1 saturated heterocycles. The van der Waals surface area contributed by atoms with E-state index < -0.39 is 34.6 Å². The van der Waals surface area contributed by atoms with Gasteiger partial charge >= 0.3 is 0 Å². The van der Waals surface area contributed by atoms with Gasteiger partial charge < -0.3 is 20.2 Å². The Morgan fingerprint density at radius 3 is 2.46 bits per heavy atom. The first-order chi connectivity index (χ1) is 13.1. The molecule has 5 nitrogen and oxygen atoms in total. The molecular formula is C20H22F3N3O2. The number of halogens is 3. The number of likely N-dealkylation sites (tertiary alicyclic amines) is 1. The second-order valence-electron chi connectivity index (χ2n) is 7.52. The molecule has 0 spiro atoms. The second-order valence-corrected chi connectivity index (χ2v) is 7.52. The van der Waals surface area contributed by atoms with Gasteiger partial charge in [0.25, 0.3) is 5.91 Å². The number of β-amino-alcohol motifs (C(OH)–C–C–N with tert-alkyl or cyclic N) is 1. The van der Waals surface area contributed by atoms with Crippen molar-refractivity contribution in [3.8, 4) is 0 Å². The number of aliphatic hydroxyl groups is 1. The Kier molecular flexibility index (Phi) is 5.36. The standard InChI is InChI=1S/C20H22F3N3O2/c1-12-4-7-16(15(22)8-12)24-18-13(5-6-14(21)17(18)23)19(27)26-10-20(28,11-26)9-25(2)3/h4-8,24,28H,9-11H2,1-3H3. The van der Waals surface area contributed by atoms with Gasteiger partial charge in [0.1, 0.15) is 11.4 Å². The summed E-state index contributed by atoms with van der Waals surface area (Å²) in [4.78, 5) is 15.9. The molecule has 1 fully saturated rings. The van der Waals surface area contributed by atoms with Crippen molar-refractivity contribution in [3.05, 3.63) is 58.9 Å². The van der Waals surface area contributed by atoms with E-state index in [0.717, 1.165) is 12.1 Å². The molecule has 1 heterocycles. The zero-order valence-corrected chi connectivity index (χ0v) is 15.9. The summed E-state index contributed by atoms with van der Waals surface area (Å²) in [6.07, 6.45) is 0. The predicted octanol–water partition coefficient (Wildman–Crippen LogP) is 2.90. The minimum Gasteiger partial charge on any atom is -0.385 e. The number of likely N-dealkylation sites (N-methyl/N-ethyl adjacent to an activating group) is 1. The molecule has 2 aromatic carbocycles. The molecule has 28 heavy (non-hydrogen) atoms. The molecule has 0 saturated carbocycles. The third kappa shape index (κ3) is 3.98. The van der Waals surface area contributed by atoms with Crippen molar-refractivity contribution < 1.29 is 23.1 Å². The van der Waals surface area contributed by atoms with E-state index in [0.29, 0.717) is 12.1 Å². The van der Waals surface area contributed by atoms with Crippen LogP contribution in [0.5, 0.6) is 0 Å². The van der Waals surface area contributed by atoms with Crippen LogP contribution in [-0.4, -0.2) is 60.1 Å². The van der Waals surface area contributed by atoms with Gasteiger partial charge in [-0.15, -0.1) is 0 Å². The van der Waals surface area contributed by atoms with Gasteiger partial charge in [-0.3, -0.25) is 4.79 Å². The molecule has 1 amide bonds. The van der Waals surface area contributed by atoms with E-state index in [-0.39, 0.29) is 24.3 Å². The number of hydrogen-bond donors (Lipinski definition) is 2. The lowest BCUT2D eigenvalue weighted by Gasteiger charge is -2.47. The first kappa shape index (κ1) is 20.2. The number of nitrogens with zero attached hydrogens (tertiary/aromatic N) is 2. The van der Waals surface area contributed by atoms with Crippen molar-refractivity contribution in [2.24, 2.45) is 0 Å². The van der Waals surface area contributed by atoms with E-state index in [1.165, 1.54) is 17.0 Å². The summed E-state index contributed by atoms with van der Waals surface area (Å²) in [7, 11) is 3.60. The highest BCUT2D eigenvalue weighted by molar-refractivity contribution is 6.01. The molecule has 8 heteroatoms. The van der Waals surface area contributed by atoms with Crippen LogP contribution in [0.25, 0.3) is 0 Å². The van der Waals surface area contributed by atoms with E-state index in [9.17, 15) is 23.1 Å². The second kappa shape index (κ2) is 7.44. The van der Waals surface area contributed by atoms with E-state index in [2.05, 4.69) is 5.32 Å². The van der Waals surface area contributed by atoms with Gasteiger partial charge in [0.05, 0.1) is 30.0 Å². The van der Waals surface area contributed by atoms with Gasteiger partial charge in [-0.1, -0.05) is 6.07 Å². The monoisotopic (exact) mass is 393 g/mol. The Hall–Kier alpha value is -2.58. The Morgan fingerprint density at radius 1 is 1.18 bits per heavy atom. The number of amides is 1. The van der Waals surface area contributed by atoms with Gasteiger partial charge in [-0.2, -0.15) is 0 Å². The SMILES string of the molecule is Cc1ccc(Nc2c(C(=O)N3CC(O)(CN(C)C)C3)ccc(F)c2F)c(F)c1.